The molecular formula is C27H27ClN2O. The summed E-state index contributed by atoms with van der Waals surface area (Å²) in [5.41, 5.74) is 6.71. The molecule has 0 amide bonds. The Kier molecular flexibility index (Phi) is 4.68. The summed E-state index contributed by atoms with van der Waals surface area (Å²) < 4.78 is 0. The number of halogens is 1. The normalized spacial score (nSPS) is 25.9. The summed E-state index contributed by atoms with van der Waals surface area (Å²) >= 11 is 6.46. The van der Waals surface area contributed by atoms with Gasteiger partial charge in [0.1, 0.15) is 0 Å². The third kappa shape index (κ3) is 3.06. The average Bonchev–Trinajstić information content (AvgIpc) is 3.31. The first-order valence-electron chi connectivity index (χ1n) is 11.4. The highest BCUT2D eigenvalue weighted by Crippen LogP contribution is 2.60. The van der Waals surface area contributed by atoms with Crippen LogP contribution in [0.25, 0.3) is 0 Å². The minimum Gasteiger partial charge on any atom is -0.387 e. The van der Waals surface area contributed by atoms with Crippen molar-refractivity contribution in [3.05, 3.63) is 99.8 Å². The van der Waals surface area contributed by atoms with E-state index in [2.05, 4.69) is 46.3 Å². The molecule has 1 N–H and O–H groups in total. The van der Waals surface area contributed by atoms with Gasteiger partial charge in [-0.3, -0.25) is 4.98 Å². The summed E-state index contributed by atoms with van der Waals surface area (Å²) in [6, 6.07) is 21.3. The van der Waals surface area contributed by atoms with Gasteiger partial charge < -0.3 is 10.0 Å². The highest BCUT2D eigenvalue weighted by atomic mass is 35.5. The lowest BCUT2D eigenvalue weighted by Gasteiger charge is -2.40. The number of fused-ring (bicyclic) bond motifs is 8. The monoisotopic (exact) mass is 430 g/mol. The number of rotatable bonds is 4. The number of aromatic nitrogens is 1. The van der Waals surface area contributed by atoms with Crippen LogP contribution in [0.3, 0.4) is 0 Å². The van der Waals surface area contributed by atoms with Gasteiger partial charge in [-0.25, -0.2) is 0 Å². The fourth-order valence-electron chi connectivity index (χ4n) is 6.42. The lowest BCUT2D eigenvalue weighted by molar-refractivity contribution is 0.0514. The maximum atomic E-state index is 10.8. The standard InChI is InChI=1S/C27H27ClN2O/c28-19-8-9-21-22-16-27(24(21)15-19,23-6-2-1-5-20(22)23)17-30-13-10-18(11-14-30)26(31)25-7-3-4-12-29-25/h1-9,12,15,18,22,26,31H,10-11,13-14,16-17H2/t22?,26-,27?/m1/s1. The molecule has 3 nitrogen and oxygen atoms in total. The van der Waals surface area contributed by atoms with Crippen molar-refractivity contribution in [2.45, 2.75) is 36.7 Å². The number of nitrogens with zero attached hydrogens (tertiary/aromatic N) is 2. The summed E-state index contributed by atoms with van der Waals surface area (Å²) in [5, 5.41) is 11.6. The predicted molar refractivity (Wildman–Crippen MR) is 123 cm³/mol. The van der Waals surface area contributed by atoms with Gasteiger partial charge in [-0.15, -0.1) is 0 Å². The quantitative estimate of drug-likeness (QED) is 0.608. The van der Waals surface area contributed by atoms with E-state index in [1.807, 2.05) is 24.3 Å². The molecule has 3 aliphatic rings. The van der Waals surface area contributed by atoms with Crippen LogP contribution in [0.15, 0.2) is 66.9 Å². The van der Waals surface area contributed by atoms with Gasteiger partial charge >= 0.3 is 0 Å². The molecule has 2 unspecified atom stereocenters. The van der Waals surface area contributed by atoms with Crippen LogP contribution < -0.4 is 0 Å². The van der Waals surface area contributed by atoms with Crippen LogP contribution in [0.5, 0.6) is 0 Å². The first-order valence-corrected chi connectivity index (χ1v) is 11.7. The summed E-state index contributed by atoms with van der Waals surface area (Å²) in [4.78, 5) is 6.98. The van der Waals surface area contributed by atoms with E-state index in [1.54, 1.807) is 6.20 Å². The largest absolute Gasteiger partial charge is 0.387 e. The van der Waals surface area contributed by atoms with E-state index in [9.17, 15) is 5.11 Å². The number of benzene rings is 2. The number of hydrogen-bond acceptors (Lipinski definition) is 3. The smallest absolute Gasteiger partial charge is 0.0988 e. The predicted octanol–water partition coefficient (Wildman–Crippen LogP) is 5.32. The van der Waals surface area contributed by atoms with Crippen molar-refractivity contribution in [2.75, 3.05) is 19.6 Å². The van der Waals surface area contributed by atoms with Crippen molar-refractivity contribution in [1.29, 1.82) is 0 Å². The van der Waals surface area contributed by atoms with Gasteiger partial charge in [0.2, 0.25) is 0 Å². The number of likely N-dealkylation sites (tertiary alicyclic amines) is 1. The Hall–Kier alpha value is -2.20. The number of pyridine rings is 1. The van der Waals surface area contributed by atoms with Gasteiger partial charge in [0.15, 0.2) is 0 Å². The molecule has 0 spiro atoms. The summed E-state index contributed by atoms with van der Waals surface area (Å²) in [6.07, 6.45) is 4.45. The third-order valence-corrected chi connectivity index (χ3v) is 8.11. The summed E-state index contributed by atoms with van der Waals surface area (Å²) in [6.45, 7) is 3.05. The summed E-state index contributed by atoms with van der Waals surface area (Å²) in [5.74, 6) is 0.768. The van der Waals surface area contributed by atoms with E-state index in [1.165, 1.54) is 22.3 Å². The van der Waals surface area contributed by atoms with Crippen molar-refractivity contribution < 1.29 is 5.11 Å². The minimum absolute atomic E-state index is 0.0356. The van der Waals surface area contributed by atoms with Crippen LogP contribution in [-0.4, -0.2) is 34.6 Å². The summed E-state index contributed by atoms with van der Waals surface area (Å²) in [7, 11) is 0. The van der Waals surface area contributed by atoms with Crippen LogP contribution in [-0.2, 0) is 5.41 Å². The zero-order chi connectivity index (χ0) is 21.0. The van der Waals surface area contributed by atoms with Crippen LogP contribution in [0.4, 0.5) is 0 Å². The Bertz CT molecular complexity index is 1110. The Labute approximate surface area is 188 Å². The van der Waals surface area contributed by atoms with E-state index in [0.717, 1.165) is 49.6 Å². The van der Waals surface area contributed by atoms with Crippen molar-refractivity contribution in [1.82, 2.24) is 9.88 Å². The molecule has 0 radical (unpaired) electrons. The second-order valence-corrected chi connectivity index (χ2v) is 9.91. The van der Waals surface area contributed by atoms with Crippen molar-refractivity contribution in [2.24, 2.45) is 5.92 Å². The van der Waals surface area contributed by atoms with Gasteiger partial charge in [0.05, 0.1) is 11.8 Å². The third-order valence-electron chi connectivity index (χ3n) is 7.87. The van der Waals surface area contributed by atoms with E-state index >= 15 is 0 Å². The zero-order valence-corrected chi connectivity index (χ0v) is 18.3. The lowest BCUT2D eigenvalue weighted by atomic mass is 9.74. The number of aliphatic hydroxyl groups is 1. The number of aliphatic hydroxyl groups excluding tert-OH is 1. The molecule has 4 heteroatoms. The second kappa shape index (κ2) is 7.44. The molecule has 1 aliphatic heterocycles. The Morgan fingerprint density at radius 1 is 1.00 bits per heavy atom. The lowest BCUT2D eigenvalue weighted by Crippen LogP contribution is -2.44. The molecule has 1 fully saturated rings. The van der Waals surface area contributed by atoms with E-state index in [-0.39, 0.29) is 11.3 Å². The maximum Gasteiger partial charge on any atom is 0.0988 e. The molecule has 3 aromatic rings. The highest BCUT2D eigenvalue weighted by Gasteiger charge is 2.53. The minimum atomic E-state index is -0.468. The van der Waals surface area contributed by atoms with Crippen LogP contribution in [0, 0.1) is 5.92 Å². The SMILES string of the molecule is O[C@@H](c1ccccn1)C1CCN(CC23CC(c4ccccc42)c2ccc(Cl)cc23)CC1. The molecule has 158 valence electrons. The fraction of sp³-hybridized carbons (Fsp3) is 0.370. The molecule has 3 atom stereocenters. The molecule has 2 heterocycles. The van der Waals surface area contributed by atoms with Crippen molar-refractivity contribution in [3.63, 3.8) is 0 Å². The van der Waals surface area contributed by atoms with Crippen LogP contribution in [0.1, 0.15) is 59.2 Å². The Balaban J connectivity index is 1.25. The first-order chi connectivity index (χ1) is 15.2. The zero-order valence-electron chi connectivity index (χ0n) is 17.5. The van der Waals surface area contributed by atoms with Crippen LogP contribution in [0.2, 0.25) is 5.02 Å². The van der Waals surface area contributed by atoms with E-state index in [0.29, 0.717) is 5.92 Å². The number of piperidine rings is 1. The van der Waals surface area contributed by atoms with Gasteiger partial charge in [0, 0.05) is 29.1 Å². The molecule has 1 saturated heterocycles. The Morgan fingerprint density at radius 3 is 2.58 bits per heavy atom. The van der Waals surface area contributed by atoms with E-state index in [4.69, 9.17) is 11.6 Å². The molecule has 31 heavy (non-hydrogen) atoms. The molecule has 2 aromatic carbocycles. The van der Waals surface area contributed by atoms with Crippen molar-refractivity contribution in [3.8, 4) is 0 Å². The Morgan fingerprint density at radius 2 is 1.77 bits per heavy atom. The van der Waals surface area contributed by atoms with Crippen molar-refractivity contribution >= 4 is 11.6 Å². The molecule has 1 aromatic heterocycles. The molecule has 0 saturated carbocycles. The first kappa shape index (κ1) is 19.5. The molecule has 2 bridgehead atoms. The van der Waals surface area contributed by atoms with Gasteiger partial charge in [-0.1, -0.05) is 48.0 Å². The maximum absolute atomic E-state index is 10.8. The number of hydrogen-bond donors (Lipinski definition) is 1. The molecule has 6 rings (SSSR count). The second-order valence-electron chi connectivity index (χ2n) is 9.47. The van der Waals surface area contributed by atoms with Gasteiger partial charge in [-0.2, -0.15) is 0 Å². The highest BCUT2D eigenvalue weighted by molar-refractivity contribution is 6.30. The topological polar surface area (TPSA) is 36.4 Å². The van der Waals surface area contributed by atoms with Gasteiger partial charge in [-0.05, 0) is 84.8 Å². The molecular weight excluding hydrogens is 404 g/mol. The molecule has 2 aliphatic carbocycles. The fourth-order valence-corrected chi connectivity index (χ4v) is 6.59. The van der Waals surface area contributed by atoms with E-state index < -0.39 is 6.10 Å². The van der Waals surface area contributed by atoms with Gasteiger partial charge in [0.25, 0.3) is 0 Å². The van der Waals surface area contributed by atoms with Crippen LogP contribution >= 0.6 is 11.6 Å². The average molecular weight is 431 g/mol.